The van der Waals surface area contributed by atoms with E-state index in [1.54, 1.807) is 0 Å². The van der Waals surface area contributed by atoms with E-state index in [-0.39, 0.29) is 6.42 Å². The minimum Gasteiger partial charge on any atom is -0.349 e. The van der Waals surface area contributed by atoms with E-state index >= 15 is 0 Å². The molecule has 0 spiro atoms. The number of aromatic amines is 1. The third-order valence-electron chi connectivity index (χ3n) is 3.47. The van der Waals surface area contributed by atoms with E-state index in [9.17, 15) is 14.2 Å². The van der Waals surface area contributed by atoms with Crippen molar-refractivity contribution in [3.8, 4) is 0 Å². The second-order valence-electron chi connectivity index (χ2n) is 5.21. The molecule has 130 valence electrons. The highest BCUT2D eigenvalue weighted by atomic mass is 32.1. The summed E-state index contributed by atoms with van der Waals surface area (Å²) in [5.74, 6) is 0. The highest BCUT2D eigenvalue weighted by Gasteiger charge is 2.42. The number of nitrogens with zero attached hydrogens (tertiary/aromatic N) is 1. The van der Waals surface area contributed by atoms with Crippen molar-refractivity contribution < 1.29 is 27.8 Å². The zero-order valence-corrected chi connectivity index (χ0v) is 14.1. The number of rotatable bonds is 5. The molecule has 1 unspecified atom stereocenters. The fourth-order valence-corrected chi connectivity index (χ4v) is 3.19. The van der Waals surface area contributed by atoms with E-state index < -0.39 is 43.6 Å². The van der Waals surface area contributed by atoms with E-state index in [0.29, 0.717) is 5.56 Å². The molecule has 23 heavy (non-hydrogen) atoms. The summed E-state index contributed by atoms with van der Waals surface area (Å²) in [5.41, 5.74) is -0.840. The number of nitrogens with one attached hydrogen (secondary N) is 1. The van der Waals surface area contributed by atoms with Gasteiger partial charge in [-0.1, -0.05) is 0 Å². The number of phosphoric acid groups is 1. The normalized spacial score (nSPS) is 26.4. The molecule has 2 rings (SSSR count). The van der Waals surface area contributed by atoms with Crippen LogP contribution < -0.4 is 11.2 Å². The van der Waals surface area contributed by atoms with Crippen molar-refractivity contribution in [1.82, 2.24) is 9.55 Å². The molecule has 1 aromatic rings. The van der Waals surface area contributed by atoms with Crippen LogP contribution in [0.3, 0.4) is 0 Å². The van der Waals surface area contributed by atoms with Crippen molar-refractivity contribution in [3.63, 3.8) is 0 Å². The topological polar surface area (TPSA) is 140 Å². The van der Waals surface area contributed by atoms with Crippen LogP contribution in [0.15, 0.2) is 15.8 Å². The first-order valence-electron chi connectivity index (χ1n) is 6.64. The molecule has 1 aromatic heterocycles. The van der Waals surface area contributed by atoms with Crippen molar-refractivity contribution in [2.75, 3.05) is 0 Å². The SMILES string of the molecule is Cc1cn([C@H]2CC(OS)[C@@H]([C@H](C)OP(=O)(O)O)O2)c(=O)[nH]c1=O. The Bertz CT molecular complexity index is 727. The van der Waals surface area contributed by atoms with Crippen LogP contribution in [0, 0.1) is 6.92 Å². The Morgan fingerprint density at radius 3 is 2.74 bits per heavy atom. The summed E-state index contributed by atoms with van der Waals surface area (Å²) in [6.07, 6.45) is -1.78. The molecule has 0 aliphatic carbocycles. The van der Waals surface area contributed by atoms with Gasteiger partial charge in [0.25, 0.3) is 5.56 Å². The first kappa shape index (κ1) is 18.4. The summed E-state index contributed by atoms with van der Waals surface area (Å²) < 4.78 is 27.3. The summed E-state index contributed by atoms with van der Waals surface area (Å²) in [4.78, 5) is 43.2. The molecule has 1 aliphatic rings. The average molecular weight is 368 g/mol. The Kier molecular flexibility index (Phi) is 5.52. The second-order valence-corrected chi connectivity index (χ2v) is 6.62. The molecule has 0 radical (unpaired) electrons. The van der Waals surface area contributed by atoms with Gasteiger partial charge in [-0.05, 0) is 26.8 Å². The molecule has 3 N–H and O–H groups in total. The lowest BCUT2D eigenvalue weighted by molar-refractivity contribution is -0.0690. The van der Waals surface area contributed by atoms with Gasteiger partial charge in [0.1, 0.15) is 18.4 Å². The standard InChI is InChI=1S/C11H17N2O8PS/c1-5-4-13(11(15)12-10(5)14)8-3-7(21-23)9(19-8)6(2)20-22(16,17)18/h4,6-9,23H,3H2,1-2H3,(H,12,14,15)(H2,16,17,18)/t6-,7?,8+,9+/m0/s1. The Balaban J connectivity index is 2.25. The van der Waals surface area contributed by atoms with Gasteiger partial charge >= 0.3 is 13.5 Å². The van der Waals surface area contributed by atoms with Gasteiger partial charge in [-0.2, -0.15) is 0 Å². The van der Waals surface area contributed by atoms with E-state index in [1.165, 1.54) is 24.6 Å². The van der Waals surface area contributed by atoms with Gasteiger partial charge in [0, 0.05) is 18.2 Å². The summed E-state index contributed by atoms with van der Waals surface area (Å²) >= 11 is 3.72. The van der Waals surface area contributed by atoms with Gasteiger partial charge in [0.15, 0.2) is 0 Å². The first-order chi connectivity index (χ1) is 10.6. The maximum Gasteiger partial charge on any atom is 0.469 e. The molecule has 0 amide bonds. The van der Waals surface area contributed by atoms with Crippen LogP contribution in [-0.2, 0) is 18.0 Å². The van der Waals surface area contributed by atoms with E-state index in [1.807, 2.05) is 0 Å². The highest BCUT2D eigenvalue weighted by Crippen LogP contribution is 2.41. The van der Waals surface area contributed by atoms with Crippen molar-refractivity contribution in [3.05, 3.63) is 32.6 Å². The second kappa shape index (κ2) is 6.89. The van der Waals surface area contributed by atoms with E-state index in [0.717, 1.165) is 0 Å². The first-order valence-corrected chi connectivity index (χ1v) is 8.53. The zero-order valence-electron chi connectivity index (χ0n) is 12.3. The van der Waals surface area contributed by atoms with Crippen LogP contribution in [-0.4, -0.2) is 37.6 Å². The summed E-state index contributed by atoms with van der Waals surface area (Å²) in [6.45, 7) is 2.94. The fourth-order valence-electron chi connectivity index (χ4n) is 2.43. The molecule has 1 aliphatic heterocycles. The largest absolute Gasteiger partial charge is 0.469 e. The number of ether oxygens (including phenoxy) is 1. The number of hydrogen-bond donors (Lipinski definition) is 4. The Morgan fingerprint density at radius 1 is 1.52 bits per heavy atom. The summed E-state index contributed by atoms with van der Waals surface area (Å²) in [5, 5.41) is 0. The lowest BCUT2D eigenvalue weighted by Gasteiger charge is -2.23. The molecule has 10 nitrogen and oxygen atoms in total. The van der Waals surface area contributed by atoms with E-state index in [4.69, 9.17) is 18.7 Å². The maximum atomic E-state index is 11.9. The third-order valence-corrected chi connectivity index (χ3v) is 4.35. The molecule has 12 heteroatoms. The molecule has 2 heterocycles. The molecular formula is C11H17N2O8PS. The average Bonchev–Trinajstić information content (AvgIpc) is 2.85. The van der Waals surface area contributed by atoms with Gasteiger partial charge in [-0.3, -0.25) is 18.9 Å². The number of thiol groups is 1. The minimum absolute atomic E-state index is 0.189. The summed E-state index contributed by atoms with van der Waals surface area (Å²) in [6, 6.07) is 0. The van der Waals surface area contributed by atoms with Crippen LogP contribution in [0.25, 0.3) is 0 Å². The van der Waals surface area contributed by atoms with Crippen molar-refractivity contribution in [1.29, 1.82) is 0 Å². The predicted octanol–water partition coefficient (Wildman–Crippen LogP) is -0.140. The molecule has 1 saturated heterocycles. The van der Waals surface area contributed by atoms with Gasteiger partial charge in [-0.15, -0.1) is 0 Å². The predicted molar refractivity (Wildman–Crippen MR) is 81.0 cm³/mol. The number of phosphoric ester groups is 1. The van der Waals surface area contributed by atoms with Crippen LogP contribution >= 0.6 is 20.7 Å². The molecular weight excluding hydrogens is 351 g/mol. The molecule has 0 saturated carbocycles. The van der Waals surface area contributed by atoms with Crippen LogP contribution in [0.1, 0.15) is 25.1 Å². The highest BCUT2D eigenvalue weighted by molar-refractivity contribution is 7.75. The quantitative estimate of drug-likeness (QED) is 0.320. The maximum absolute atomic E-state index is 11.9. The molecule has 0 aromatic carbocycles. The third kappa shape index (κ3) is 4.32. The van der Waals surface area contributed by atoms with Crippen molar-refractivity contribution in [2.45, 2.75) is 44.8 Å². The van der Waals surface area contributed by atoms with Gasteiger partial charge < -0.3 is 18.7 Å². The Morgan fingerprint density at radius 2 is 2.17 bits per heavy atom. The van der Waals surface area contributed by atoms with Crippen LogP contribution in [0.4, 0.5) is 0 Å². The Hall–Kier alpha value is -0.940. The van der Waals surface area contributed by atoms with Crippen molar-refractivity contribution >= 4 is 20.7 Å². The lowest BCUT2D eigenvalue weighted by Crippen LogP contribution is -2.35. The van der Waals surface area contributed by atoms with Crippen molar-refractivity contribution in [2.24, 2.45) is 0 Å². The molecule has 1 fully saturated rings. The fraction of sp³-hybridized carbons (Fsp3) is 0.636. The van der Waals surface area contributed by atoms with Gasteiger partial charge in [-0.25, -0.2) is 9.36 Å². The van der Waals surface area contributed by atoms with Gasteiger partial charge in [0.2, 0.25) is 0 Å². The Labute approximate surface area is 136 Å². The number of aryl methyl sites for hydroxylation is 1. The van der Waals surface area contributed by atoms with Crippen LogP contribution in [0.5, 0.6) is 0 Å². The zero-order chi connectivity index (χ0) is 17.4. The number of H-pyrrole nitrogens is 1. The van der Waals surface area contributed by atoms with Crippen LogP contribution in [0.2, 0.25) is 0 Å². The smallest absolute Gasteiger partial charge is 0.349 e. The number of aromatic nitrogens is 2. The minimum atomic E-state index is -4.70. The monoisotopic (exact) mass is 368 g/mol. The van der Waals surface area contributed by atoms with E-state index in [2.05, 4.69) is 22.4 Å². The van der Waals surface area contributed by atoms with Gasteiger partial charge in [0.05, 0.1) is 6.10 Å². The molecule has 4 atom stereocenters. The molecule has 0 bridgehead atoms. The number of hydrogen-bond acceptors (Lipinski definition) is 7. The summed E-state index contributed by atoms with van der Waals surface area (Å²) in [7, 11) is -4.70. The lowest BCUT2D eigenvalue weighted by atomic mass is 10.1.